The van der Waals surface area contributed by atoms with Crippen LogP contribution in [0.4, 0.5) is 0 Å². The Labute approximate surface area is 333 Å². The number of hydrogen-bond acceptors (Lipinski definition) is 3. The summed E-state index contributed by atoms with van der Waals surface area (Å²) in [4.78, 5) is 14.2. The highest BCUT2D eigenvalue weighted by atomic mass is 14.7. The summed E-state index contributed by atoms with van der Waals surface area (Å²) < 4.78 is 0. The van der Waals surface area contributed by atoms with E-state index in [1.807, 2.05) is 42.9 Å². The lowest BCUT2D eigenvalue weighted by Gasteiger charge is -2.23. The van der Waals surface area contributed by atoms with Gasteiger partial charge in [0.1, 0.15) is 0 Å². The largest absolute Gasteiger partial charge is 0.256 e. The molecule has 3 heteroatoms. The first kappa shape index (κ1) is 34.3. The molecular formula is C54H39N3. The van der Waals surface area contributed by atoms with E-state index in [0.717, 1.165) is 60.5 Å². The summed E-state index contributed by atoms with van der Waals surface area (Å²) in [5.74, 6) is 2.72. The summed E-state index contributed by atoms with van der Waals surface area (Å²) in [6.07, 6.45) is 15.9. The predicted octanol–water partition coefficient (Wildman–Crippen LogP) is 13.7. The Kier molecular flexibility index (Phi) is 8.17. The van der Waals surface area contributed by atoms with E-state index < -0.39 is 0 Å². The van der Waals surface area contributed by atoms with Crippen LogP contribution in [-0.4, -0.2) is 15.0 Å². The minimum Gasteiger partial charge on any atom is -0.256 e. The summed E-state index contributed by atoms with van der Waals surface area (Å²) in [6.45, 7) is 6.86. The number of pyridine rings is 3. The fourth-order valence-electron chi connectivity index (χ4n) is 8.91. The van der Waals surface area contributed by atoms with Crippen molar-refractivity contribution in [2.45, 2.75) is 32.6 Å². The van der Waals surface area contributed by atoms with Crippen LogP contribution in [-0.2, 0) is 5.41 Å². The lowest BCUT2D eigenvalue weighted by Crippen LogP contribution is -2.15. The Morgan fingerprint density at radius 3 is 1.68 bits per heavy atom. The van der Waals surface area contributed by atoms with Crippen LogP contribution in [0.3, 0.4) is 0 Å². The number of terminal acetylenes is 1. The van der Waals surface area contributed by atoms with E-state index in [2.05, 4.69) is 153 Å². The van der Waals surface area contributed by atoms with Crippen molar-refractivity contribution in [3.05, 3.63) is 180 Å². The number of rotatable bonds is 6. The Morgan fingerprint density at radius 1 is 0.526 bits per heavy atom. The molecule has 270 valence electrons. The summed E-state index contributed by atoms with van der Waals surface area (Å²) in [5.41, 5.74) is 19.7. The second-order valence-electron chi connectivity index (χ2n) is 15.6. The number of aryl methyl sites for hydroxylation is 1. The topological polar surface area (TPSA) is 38.7 Å². The predicted molar refractivity (Wildman–Crippen MR) is 239 cm³/mol. The maximum absolute atomic E-state index is 5.55. The van der Waals surface area contributed by atoms with Gasteiger partial charge in [-0.05, 0) is 139 Å². The smallest absolute Gasteiger partial charge is 0.0970 e. The van der Waals surface area contributed by atoms with Crippen LogP contribution in [0.15, 0.2) is 158 Å². The summed E-state index contributed by atoms with van der Waals surface area (Å²) in [5, 5.41) is 3.34. The molecule has 3 nitrogen and oxygen atoms in total. The first-order valence-electron chi connectivity index (χ1n) is 19.5. The molecule has 0 radical (unpaired) electrons. The quantitative estimate of drug-likeness (QED) is 0.126. The molecule has 3 aromatic heterocycles. The van der Waals surface area contributed by atoms with E-state index in [1.54, 1.807) is 0 Å². The van der Waals surface area contributed by atoms with Gasteiger partial charge in [0.15, 0.2) is 0 Å². The van der Waals surface area contributed by atoms with Gasteiger partial charge in [-0.3, -0.25) is 15.0 Å². The molecule has 1 aliphatic rings. The van der Waals surface area contributed by atoms with E-state index in [0.29, 0.717) is 6.42 Å². The molecular weight excluding hydrogens is 691 g/mol. The van der Waals surface area contributed by atoms with Crippen molar-refractivity contribution in [2.75, 3.05) is 0 Å². The molecule has 1 aliphatic carbocycles. The van der Waals surface area contributed by atoms with Gasteiger partial charge in [0.25, 0.3) is 0 Å². The van der Waals surface area contributed by atoms with Gasteiger partial charge >= 0.3 is 0 Å². The Bertz CT molecular complexity index is 3160. The van der Waals surface area contributed by atoms with E-state index in [-0.39, 0.29) is 5.41 Å². The number of benzene rings is 6. The van der Waals surface area contributed by atoms with Gasteiger partial charge in [0, 0.05) is 46.6 Å². The molecule has 0 N–H and O–H groups in total. The molecule has 9 aromatic rings. The molecule has 0 fully saturated rings. The van der Waals surface area contributed by atoms with E-state index in [9.17, 15) is 0 Å². The maximum Gasteiger partial charge on any atom is 0.0970 e. The molecule has 0 unspecified atom stereocenters. The first-order valence-corrected chi connectivity index (χ1v) is 19.5. The van der Waals surface area contributed by atoms with Gasteiger partial charge < -0.3 is 0 Å². The first-order chi connectivity index (χ1) is 27.9. The highest BCUT2D eigenvalue weighted by Gasteiger charge is 2.36. The van der Waals surface area contributed by atoms with Gasteiger partial charge in [0.2, 0.25) is 0 Å². The van der Waals surface area contributed by atoms with E-state index in [1.165, 1.54) is 50.1 Å². The normalized spacial score (nSPS) is 12.9. The van der Waals surface area contributed by atoms with Crippen molar-refractivity contribution in [1.82, 2.24) is 15.0 Å². The van der Waals surface area contributed by atoms with Gasteiger partial charge in [-0.2, -0.15) is 0 Å². The van der Waals surface area contributed by atoms with Crippen LogP contribution in [0, 0.1) is 19.3 Å². The number of hydrogen-bond donors (Lipinski definition) is 0. The summed E-state index contributed by atoms with van der Waals surface area (Å²) in [7, 11) is 0. The van der Waals surface area contributed by atoms with Gasteiger partial charge in [-0.1, -0.05) is 105 Å². The van der Waals surface area contributed by atoms with Crippen molar-refractivity contribution in [3.8, 4) is 68.0 Å². The Morgan fingerprint density at radius 2 is 1.05 bits per heavy atom. The van der Waals surface area contributed by atoms with Crippen molar-refractivity contribution in [2.24, 2.45) is 0 Å². The summed E-state index contributed by atoms with van der Waals surface area (Å²) in [6, 6.07) is 48.8. The van der Waals surface area contributed by atoms with Crippen molar-refractivity contribution >= 4 is 38.8 Å². The molecule has 0 bridgehead atoms. The zero-order valence-electron chi connectivity index (χ0n) is 32.2. The third-order valence-electron chi connectivity index (χ3n) is 11.9. The zero-order valence-corrected chi connectivity index (χ0v) is 32.2. The van der Waals surface area contributed by atoms with Crippen LogP contribution in [0.5, 0.6) is 0 Å². The maximum atomic E-state index is 5.55. The summed E-state index contributed by atoms with van der Waals surface area (Å²) >= 11 is 0. The molecule has 0 aliphatic heterocycles. The van der Waals surface area contributed by atoms with E-state index in [4.69, 9.17) is 16.4 Å². The minimum absolute atomic E-state index is 0.183. The lowest BCUT2D eigenvalue weighted by atomic mass is 9.80. The molecule has 3 heterocycles. The Balaban J connectivity index is 1.01. The van der Waals surface area contributed by atoms with Gasteiger partial charge in [-0.25, -0.2) is 0 Å². The average molecular weight is 730 g/mol. The van der Waals surface area contributed by atoms with Crippen molar-refractivity contribution < 1.29 is 0 Å². The minimum atomic E-state index is -0.183. The van der Waals surface area contributed by atoms with Crippen molar-refractivity contribution in [1.29, 1.82) is 0 Å². The second-order valence-corrected chi connectivity index (χ2v) is 15.6. The number of nitrogens with zero attached hydrogens (tertiary/aromatic N) is 3. The molecule has 0 spiro atoms. The SMILES string of the molecule is C#CC/C=C\c1cc(-c2cccc(-c3ccc4c(c3)C(C)(C)c3cc(-c5cccc(-c6cc7cccnc7c7ncccc67)c5)ccc3-4)c2)c2cccnc2c1C. The highest BCUT2D eigenvalue weighted by molar-refractivity contribution is 6.10. The third-order valence-corrected chi connectivity index (χ3v) is 11.9. The molecule has 0 saturated carbocycles. The molecule has 0 saturated heterocycles. The van der Waals surface area contributed by atoms with Gasteiger partial charge in [0.05, 0.1) is 16.6 Å². The van der Waals surface area contributed by atoms with Crippen LogP contribution >= 0.6 is 0 Å². The lowest BCUT2D eigenvalue weighted by molar-refractivity contribution is 0.661. The third kappa shape index (κ3) is 5.73. The second kappa shape index (κ2) is 13.6. The van der Waals surface area contributed by atoms with Crippen LogP contribution in [0.1, 0.15) is 42.5 Å². The Hall–Kier alpha value is -7.15. The molecule has 6 aromatic carbocycles. The van der Waals surface area contributed by atoms with Gasteiger partial charge in [-0.15, -0.1) is 12.3 Å². The zero-order chi connectivity index (χ0) is 38.7. The van der Waals surface area contributed by atoms with Crippen molar-refractivity contribution in [3.63, 3.8) is 0 Å². The number of aromatic nitrogens is 3. The van der Waals surface area contributed by atoms with E-state index >= 15 is 0 Å². The fourth-order valence-corrected chi connectivity index (χ4v) is 8.91. The average Bonchev–Trinajstić information content (AvgIpc) is 3.49. The number of allylic oxidation sites excluding steroid dienone is 1. The molecule has 0 amide bonds. The molecule has 57 heavy (non-hydrogen) atoms. The van der Waals surface area contributed by atoms with Crippen LogP contribution in [0.25, 0.3) is 94.4 Å². The van der Waals surface area contributed by atoms with Crippen LogP contribution < -0.4 is 0 Å². The molecule has 0 atom stereocenters. The standard InChI is InChI=1S/C54H39N3/c1-5-6-7-13-35-30-47(45-19-11-26-55-51(45)34(35)2)40-16-8-14-36(28-40)38-21-23-43-44-24-22-39(33-50(44)54(3,4)49(43)32-38)37-15-9-17-41(29-37)48-31-42-18-10-25-56-52(42)53-46(48)20-12-27-57-53/h1,7-33H,6H2,2-4H3/b13-7-. The highest BCUT2D eigenvalue weighted by Crippen LogP contribution is 2.51. The van der Waals surface area contributed by atoms with Crippen LogP contribution in [0.2, 0.25) is 0 Å². The number of fused-ring (bicyclic) bond motifs is 7. The molecule has 10 rings (SSSR count). The fraction of sp³-hybridized carbons (Fsp3) is 0.0926. The monoisotopic (exact) mass is 729 g/mol.